The van der Waals surface area contributed by atoms with Gasteiger partial charge in [-0.15, -0.1) is 0 Å². The Hall–Kier alpha value is -17.6. The second kappa shape index (κ2) is 29.5. The minimum Gasteiger partial charge on any atom is -0.458 e. The maximum Gasteiger partial charge on any atom is 0.256 e. The number of anilines is 18. The molecule has 0 saturated heterocycles. The predicted molar refractivity (Wildman–Crippen MR) is 527 cm³/mol. The Bertz CT molecular complexity index is 7790. The van der Waals surface area contributed by atoms with Crippen molar-refractivity contribution in [3.8, 4) is 69.0 Å². The monoisotopic (exact) mass is 1680 g/mol. The van der Waals surface area contributed by atoms with E-state index in [-0.39, 0.29) is 20.1 Å². The van der Waals surface area contributed by atoms with Crippen LogP contribution in [0.15, 0.2) is 419 Å². The summed E-state index contributed by atoms with van der Waals surface area (Å²) in [6, 6.07) is 134. The van der Waals surface area contributed by atoms with E-state index in [1.165, 1.54) is 16.4 Å². The highest BCUT2D eigenvalue weighted by Gasteiger charge is 2.51. The third-order valence-corrected chi connectivity index (χ3v) is 26.3. The molecule has 9 aliphatic heterocycles. The molecule has 16 nitrogen and oxygen atoms in total. The fourth-order valence-electron chi connectivity index (χ4n) is 21.0. The van der Waals surface area contributed by atoms with E-state index in [9.17, 15) is 0 Å². The largest absolute Gasteiger partial charge is 0.458 e. The van der Waals surface area contributed by atoms with Gasteiger partial charge >= 0.3 is 0 Å². The lowest BCUT2D eigenvalue weighted by molar-refractivity contribution is 0.469. The van der Waals surface area contributed by atoms with E-state index in [4.69, 9.17) is 38.4 Å². The third-order valence-electron chi connectivity index (χ3n) is 26.3. The summed E-state index contributed by atoms with van der Waals surface area (Å²) in [5, 5.41) is 1.07. The normalized spacial score (nSPS) is 13.6. The van der Waals surface area contributed by atoms with Gasteiger partial charge in [-0.1, -0.05) is 224 Å². The molecule has 0 bridgehead atoms. The maximum absolute atomic E-state index is 7.01. The molecule has 0 radical (unpaired) electrons. The summed E-state index contributed by atoms with van der Waals surface area (Å²) in [5.41, 5.74) is 30.9. The topological polar surface area (TPSA) is 126 Å². The molecule has 0 saturated carbocycles. The van der Waals surface area contributed by atoms with Crippen LogP contribution in [0.1, 0.15) is 0 Å². The second-order valence-electron chi connectivity index (χ2n) is 33.3. The van der Waals surface area contributed by atoms with Crippen molar-refractivity contribution in [2.75, 3.05) is 29.4 Å². The van der Waals surface area contributed by atoms with Crippen molar-refractivity contribution < 1.29 is 28.4 Å². The molecule has 0 spiro atoms. The van der Waals surface area contributed by atoms with Gasteiger partial charge in [0.25, 0.3) is 20.1 Å². The average molecular weight is 1680 g/mol. The molecule has 0 atom stereocenters. The quantitative estimate of drug-likeness (QED) is 0.146. The van der Waals surface area contributed by atoms with Crippen LogP contribution in [0, 0.1) is 0 Å². The van der Waals surface area contributed by atoms with Gasteiger partial charge < -0.3 is 57.8 Å². The maximum atomic E-state index is 7.01. The number of hydrogen-bond acceptors (Lipinski definition) is 16. The molecule has 0 aliphatic carbocycles. The van der Waals surface area contributed by atoms with E-state index in [0.717, 1.165) is 226 Å². The molecule has 20 aromatic rings. The predicted octanol–water partition coefficient (Wildman–Crippen LogP) is 22.9. The molecule has 612 valence electrons. The summed E-state index contributed by atoms with van der Waals surface area (Å²) in [6.07, 6.45) is 9.01. The van der Waals surface area contributed by atoms with Crippen molar-refractivity contribution >= 4 is 194 Å². The number of rotatable bonds is 6. The van der Waals surface area contributed by atoms with Gasteiger partial charge in [0.15, 0.2) is 34.5 Å². The van der Waals surface area contributed by atoms with Gasteiger partial charge in [0, 0.05) is 111 Å². The Morgan fingerprint density at radius 2 is 0.504 bits per heavy atom. The number of benzene rings is 17. The van der Waals surface area contributed by atoms with Crippen LogP contribution in [0.5, 0.6) is 69.0 Å². The number of para-hydroxylation sites is 17. The van der Waals surface area contributed by atoms with Gasteiger partial charge in [-0.2, -0.15) is 0 Å². The van der Waals surface area contributed by atoms with E-state index in [2.05, 4.69) is 318 Å². The van der Waals surface area contributed by atoms with Crippen molar-refractivity contribution in [2.24, 2.45) is 0 Å². The standard InChI is InChI=1S/C39H24BN3O2.C38H23BN4O2.C35H22BN3O2/c1-2-14-26(15-3-1)42-29-18-6-4-16-27(29)40-28-17-5-8-21-33(28)44-35-24-32-39(38(42)36(35)40)45-34-22-9-7-19-30(34)43(32)31-20-10-12-25-13-11-23-41-37(25)31;1-2-11-24(12-3-1)42-28-16-6-4-13-25(28)39-26-14-5-8-19-32(26)44-34-23-31-38(37(42)35(34)39)45-33-20-9-7-17-29(33)43(31)30-18-10-15-27-36(30)41-22-21-40-27;1-2-10-23(11-3-1)38-28-15-7-9-17-31(28)41-35-29(38)22-32-33-34(35)39(24-18-20-37-21-19-24)27-14-6-4-12-25(27)36(33)26-13-5-8-16-30(26)40-32/h1-24H;1-23H;1-22H. The number of ether oxygens (including phenoxy) is 6. The lowest BCUT2D eigenvalue weighted by Crippen LogP contribution is -2.59. The Balaban J connectivity index is 0.000000101. The highest BCUT2D eigenvalue weighted by Crippen LogP contribution is 2.63. The van der Waals surface area contributed by atoms with Crippen LogP contribution >= 0.6 is 0 Å². The summed E-state index contributed by atoms with van der Waals surface area (Å²) >= 11 is 0. The minimum absolute atomic E-state index is 0.00418. The van der Waals surface area contributed by atoms with Gasteiger partial charge in [0.05, 0.1) is 73.6 Å². The smallest absolute Gasteiger partial charge is 0.256 e. The first kappa shape index (κ1) is 73.8. The lowest BCUT2D eigenvalue weighted by Gasteiger charge is -2.43. The highest BCUT2D eigenvalue weighted by molar-refractivity contribution is 7.01. The van der Waals surface area contributed by atoms with Crippen molar-refractivity contribution in [3.63, 3.8) is 0 Å². The molecule has 0 amide bonds. The molecule has 29 rings (SSSR count). The van der Waals surface area contributed by atoms with Crippen LogP contribution in [0.2, 0.25) is 0 Å². The van der Waals surface area contributed by atoms with Crippen LogP contribution in [-0.2, 0) is 0 Å². The number of pyridine rings is 2. The Labute approximate surface area is 754 Å². The fourth-order valence-corrected chi connectivity index (χ4v) is 21.0. The minimum atomic E-state index is -0.0287. The zero-order valence-electron chi connectivity index (χ0n) is 70.0. The molecule has 131 heavy (non-hydrogen) atoms. The van der Waals surface area contributed by atoms with Crippen LogP contribution in [0.4, 0.5) is 102 Å². The van der Waals surface area contributed by atoms with Gasteiger partial charge in [-0.05, 0) is 178 Å². The van der Waals surface area contributed by atoms with E-state index >= 15 is 0 Å². The molecule has 0 unspecified atom stereocenters. The van der Waals surface area contributed by atoms with E-state index < -0.39 is 0 Å². The van der Waals surface area contributed by atoms with Gasteiger partial charge in [0.1, 0.15) is 40.0 Å². The summed E-state index contributed by atoms with van der Waals surface area (Å²) < 4.78 is 41.3. The molecule has 19 heteroatoms. The molecule has 0 N–H and O–H groups in total. The Morgan fingerprint density at radius 3 is 0.939 bits per heavy atom. The molecular formula is C112H69B3N10O6. The number of nitrogens with zero attached hydrogens (tertiary/aromatic N) is 10. The third kappa shape index (κ3) is 11.4. The molecule has 3 aromatic heterocycles. The second-order valence-corrected chi connectivity index (χ2v) is 33.3. The van der Waals surface area contributed by atoms with Crippen molar-refractivity contribution in [1.82, 2.24) is 19.9 Å². The number of aromatic nitrogens is 4. The van der Waals surface area contributed by atoms with Gasteiger partial charge in [-0.3, -0.25) is 19.9 Å². The highest BCUT2D eigenvalue weighted by atomic mass is 16.5. The Morgan fingerprint density at radius 1 is 0.191 bits per heavy atom. The molecule has 0 fully saturated rings. The van der Waals surface area contributed by atoms with Crippen LogP contribution in [-0.4, -0.2) is 40.1 Å². The summed E-state index contributed by atoms with van der Waals surface area (Å²) in [4.78, 5) is 32.4. The van der Waals surface area contributed by atoms with Crippen molar-refractivity contribution in [1.29, 1.82) is 0 Å². The Kier molecular flexibility index (Phi) is 16.6. The summed E-state index contributed by atoms with van der Waals surface area (Å²) in [7, 11) is 0. The lowest BCUT2D eigenvalue weighted by atomic mass is 9.34. The number of hydrogen-bond donors (Lipinski definition) is 0. The van der Waals surface area contributed by atoms with Crippen molar-refractivity contribution in [2.45, 2.75) is 0 Å². The average Bonchev–Trinajstić information content (AvgIpc) is 0.700. The van der Waals surface area contributed by atoms with Gasteiger partial charge in [0.2, 0.25) is 0 Å². The molecule has 12 heterocycles. The van der Waals surface area contributed by atoms with Crippen LogP contribution in [0.3, 0.4) is 0 Å². The van der Waals surface area contributed by atoms with Crippen LogP contribution < -0.4 is 107 Å². The first-order chi connectivity index (χ1) is 65.1. The van der Waals surface area contributed by atoms with E-state index in [1.54, 1.807) is 12.4 Å². The van der Waals surface area contributed by atoms with Crippen molar-refractivity contribution in [3.05, 3.63) is 419 Å². The van der Waals surface area contributed by atoms with Crippen LogP contribution in [0.25, 0.3) is 21.9 Å². The van der Waals surface area contributed by atoms with E-state index in [1.807, 2.05) is 128 Å². The first-order valence-electron chi connectivity index (χ1n) is 44.0. The first-order valence-corrected chi connectivity index (χ1v) is 44.0. The van der Waals surface area contributed by atoms with E-state index in [0.29, 0.717) is 0 Å². The molecule has 9 aliphatic rings. The zero-order valence-corrected chi connectivity index (χ0v) is 70.0. The summed E-state index contributed by atoms with van der Waals surface area (Å²) in [5.74, 6) is 9.79. The molecular weight excluding hydrogens is 1610 g/mol. The SMILES string of the molecule is c1ccc(N2c3ccccc3B3c4ccccc4Oc4cc5c(c2c43)Oc2ccccc2N5c2cccc3cccnc23)cc1.c1ccc(N2c3ccccc3B3c4ccccc4Oc4cc5c(c2c43)Oc2ccccc2N5c2cccc3nccnc23)cc1.c1ccc(N2c3ccccc3Oc3c2cc2c4c3N(c3ccncc3)c3ccccc3B4c3ccccc3O2)cc1. The zero-order chi connectivity index (χ0) is 85.9. The molecule has 17 aromatic carbocycles. The number of fused-ring (bicyclic) bond motifs is 23. The summed E-state index contributed by atoms with van der Waals surface area (Å²) in [6.45, 7) is -0.0515. The fraction of sp³-hybridized carbons (Fsp3) is 0. The van der Waals surface area contributed by atoms with Gasteiger partial charge in [-0.25, -0.2) is 0 Å².